The van der Waals surface area contributed by atoms with Gasteiger partial charge in [-0.2, -0.15) is 0 Å². The van der Waals surface area contributed by atoms with Crippen LogP contribution in [0.25, 0.3) is 0 Å². The van der Waals surface area contributed by atoms with Crippen molar-refractivity contribution in [1.82, 2.24) is 4.98 Å². The first kappa shape index (κ1) is 14.3. The van der Waals surface area contributed by atoms with Crippen LogP contribution in [0.15, 0.2) is 79.7 Å². The molecule has 0 saturated heterocycles. The average Bonchev–Trinajstić information content (AvgIpc) is 2.57. The minimum atomic E-state index is -0.703. The van der Waals surface area contributed by atoms with Crippen LogP contribution < -0.4 is 0 Å². The molecule has 1 aliphatic carbocycles. The van der Waals surface area contributed by atoms with Gasteiger partial charge in [0.15, 0.2) is 0 Å². The van der Waals surface area contributed by atoms with E-state index < -0.39 is 5.41 Å². The monoisotopic (exact) mass is 293 g/mol. The minimum Gasteiger partial charge on any atom is -0.508 e. The lowest BCUT2D eigenvalue weighted by atomic mass is 9.64. The summed E-state index contributed by atoms with van der Waals surface area (Å²) in [6.45, 7) is 3.91. The highest BCUT2D eigenvalue weighted by Crippen LogP contribution is 2.47. The lowest BCUT2D eigenvalue weighted by molar-refractivity contribution is 0.437. The van der Waals surface area contributed by atoms with Crippen molar-refractivity contribution in [2.24, 2.45) is 5.92 Å². The van der Waals surface area contributed by atoms with Gasteiger partial charge in [-0.05, 0) is 35.9 Å². The topological polar surface area (TPSA) is 33.1 Å². The molecule has 2 atom stereocenters. The van der Waals surface area contributed by atoms with E-state index in [-0.39, 0.29) is 17.5 Å². The maximum absolute atomic E-state index is 13.8. The summed E-state index contributed by atoms with van der Waals surface area (Å²) in [5, 5.41) is 10.4. The van der Waals surface area contributed by atoms with E-state index in [1.54, 1.807) is 12.4 Å². The zero-order valence-corrected chi connectivity index (χ0v) is 12.0. The molecule has 0 spiro atoms. The first-order valence-corrected chi connectivity index (χ1v) is 7.06. The van der Waals surface area contributed by atoms with Gasteiger partial charge >= 0.3 is 0 Å². The summed E-state index contributed by atoms with van der Waals surface area (Å²) in [5.41, 5.74) is 0.740. The predicted octanol–water partition coefficient (Wildman–Crippen LogP) is 4.14. The smallest absolute Gasteiger partial charge is 0.123 e. The molecule has 1 aromatic heterocycles. The second-order valence-electron chi connectivity index (χ2n) is 5.27. The normalized spacial score (nSPS) is 23.4. The van der Waals surface area contributed by atoms with Crippen LogP contribution in [0.5, 0.6) is 5.75 Å². The van der Waals surface area contributed by atoms with Crippen LogP contribution in [0.1, 0.15) is 11.1 Å². The van der Waals surface area contributed by atoms with Crippen molar-refractivity contribution in [3.63, 3.8) is 0 Å². The van der Waals surface area contributed by atoms with Crippen LogP contribution in [-0.4, -0.2) is 10.1 Å². The van der Waals surface area contributed by atoms with Crippen molar-refractivity contribution in [1.29, 1.82) is 0 Å². The first-order valence-electron chi connectivity index (χ1n) is 7.06. The molecule has 2 nitrogen and oxygen atoms in total. The lowest BCUT2D eigenvalue weighted by Crippen LogP contribution is -2.34. The highest BCUT2D eigenvalue weighted by atomic mass is 19.1. The van der Waals surface area contributed by atoms with Gasteiger partial charge in [0.1, 0.15) is 11.6 Å². The van der Waals surface area contributed by atoms with E-state index in [4.69, 9.17) is 0 Å². The number of benzene rings is 1. The Bertz CT molecular complexity index is 751. The third kappa shape index (κ3) is 2.15. The molecule has 110 valence electrons. The third-order valence-corrected chi connectivity index (χ3v) is 4.13. The number of hydrogen-bond donors (Lipinski definition) is 1. The van der Waals surface area contributed by atoms with Crippen molar-refractivity contribution >= 4 is 0 Å². The minimum absolute atomic E-state index is 0.0602. The van der Waals surface area contributed by atoms with Gasteiger partial charge in [0, 0.05) is 23.9 Å². The number of allylic oxidation sites excluding steroid dienone is 5. The summed E-state index contributed by atoms with van der Waals surface area (Å²) in [5.74, 6) is -0.426. The van der Waals surface area contributed by atoms with E-state index in [9.17, 15) is 9.50 Å². The van der Waals surface area contributed by atoms with E-state index in [0.29, 0.717) is 5.56 Å². The fourth-order valence-electron chi connectivity index (χ4n) is 3.10. The summed E-state index contributed by atoms with van der Waals surface area (Å²) in [6.07, 6.45) is 13.0. The first-order chi connectivity index (χ1) is 10.7. The highest BCUT2D eigenvalue weighted by molar-refractivity contribution is 5.54. The number of hydrogen-bond acceptors (Lipinski definition) is 2. The van der Waals surface area contributed by atoms with Gasteiger partial charge in [-0.15, -0.1) is 6.58 Å². The quantitative estimate of drug-likeness (QED) is 0.863. The zero-order valence-electron chi connectivity index (χ0n) is 12.0. The number of aromatic nitrogens is 1. The van der Waals surface area contributed by atoms with E-state index in [1.807, 2.05) is 42.5 Å². The molecule has 1 aliphatic rings. The molecule has 0 amide bonds. The van der Waals surface area contributed by atoms with Gasteiger partial charge in [0.05, 0.1) is 5.41 Å². The van der Waals surface area contributed by atoms with Crippen LogP contribution >= 0.6 is 0 Å². The summed E-state index contributed by atoms with van der Waals surface area (Å²) < 4.78 is 13.8. The maximum Gasteiger partial charge on any atom is 0.123 e. The number of phenols is 1. The Kier molecular flexibility index (Phi) is 3.63. The van der Waals surface area contributed by atoms with E-state index >= 15 is 0 Å². The molecular weight excluding hydrogens is 277 g/mol. The molecule has 0 aliphatic heterocycles. The Balaban J connectivity index is 2.33. The van der Waals surface area contributed by atoms with Crippen molar-refractivity contribution < 1.29 is 9.50 Å². The Labute approximate surface area is 129 Å². The molecule has 0 radical (unpaired) electrons. The number of halogens is 1. The van der Waals surface area contributed by atoms with Crippen molar-refractivity contribution in [2.75, 3.05) is 0 Å². The maximum atomic E-state index is 13.8. The zero-order chi connectivity index (χ0) is 15.6. The average molecular weight is 293 g/mol. The van der Waals surface area contributed by atoms with Crippen LogP contribution in [0.2, 0.25) is 0 Å². The molecule has 2 aromatic rings. The highest BCUT2D eigenvalue weighted by Gasteiger charge is 2.40. The van der Waals surface area contributed by atoms with Gasteiger partial charge in [-0.3, -0.25) is 4.98 Å². The molecule has 1 heterocycles. The van der Waals surface area contributed by atoms with Gasteiger partial charge in [0.25, 0.3) is 0 Å². The number of pyridine rings is 1. The van der Waals surface area contributed by atoms with Gasteiger partial charge in [-0.25, -0.2) is 4.39 Å². The number of aromatic hydroxyl groups is 1. The molecule has 2 unspecified atom stereocenters. The Morgan fingerprint density at radius 1 is 1.18 bits per heavy atom. The lowest BCUT2D eigenvalue weighted by Gasteiger charge is -2.38. The molecule has 0 bridgehead atoms. The third-order valence-electron chi connectivity index (χ3n) is 4.13. The molecule has 0 fully saturated rings. The Morgan fingerprint density at radius 2 is 1.95 bits per heavy atom. The largest absolute Gasteiger partial charge is 0.508 e. The van der Waals surface area contributed by atoms with Crippen molar-refractivity contribution in [2.45, 2.75) is 5.41 Å². The van der Waals surface area contributed by atoms with Crippen molar-refractivity contribution in [3.8, 4) is 5.75 Å². The molecule has 0 saturated carbocycles. The summed E-state index contributed by atoms with van der Waals surface area (Å²) in [7, 11) is 0. The number of nitrogens with zero attached hydrogens (tertiary/aromatic N) is 1. The van der Waals surface area contributed by atoms with Crippen molar-refractivity contribution in [3.05, 3.63) is 96.6 Å². The van der Waals surface area contributed by atoms with Gasteiger partial charge in [-0.1, -0.05) is 30.4 Å². The SMILES string of the molecule is C=CC1C=CC=CC1(c1ccncc1)c1cc(F)ccc1O. The van der Waals surface area contributed by atoms with Gasteiger partial charge in [0.2, 0.25) is 0 Å². The molecule has 1 N–H and O–H groups in total. The van der Waals surface area contributed by atoms with Crippen LogP contribution in [0.3, 0.4) is 0 Å². The fraction of sp³-hybridized carbons (Fsp3) is 0.105. The molecule has 1 aromatic carbocycles. The van der Waals surface area contributed by atoms with E-state index in [1.165, 1.54) is 18.2 Å². The fourth-order valence-corrected chi connectivity index (χ4v) is 3.10. The molecule has 22 heavy (non-hydrogen) atoms. The number of rotatable bonds is 3. The molecule has 3 heteroatoms. The van der Waals surface area contributed by atoms with E-state index in [2.05, 4.69) is 11.6 Å². The molecular formula is C19H16FNO. The second kappa shape index (κ2) is 5.60. The molecule has 3 rings (SSSR count). The van der Waals surface area contributed by atoms with Crippen LogP contribution in [0, 0.1) is 11.7 Å². The van der Waals surface area contributed by atoms with Gasteiger partial charge < -0.3 is 5.11 Å². The van der Waals surface area contributed by atoms with E-state index in [0.717, 1.165) is 5.56 Å². The summed E-state index contributed by atoms with van der Waals surface area (Å²) >= 11 is 0. The Hall–Kier alpha value is -2.68. The summed E-state index contributed by atoms with van der Waals surface area (Å²) in [6, 6.07) is 7.79. The number of phenolic OH excluding ortho intramolecular Hbond substituents is 1. The summed E-state index contributed by atoms with van der Waals surface area (Å²) in [4.78, 5) is 4.05. The van der Waals surface area contributed by atoms with Crippen LogP contribution in [0.4, 0.5) is 4.39 Å². The second-order valence-corrected chi connectivity index (χ2v) is 5.27. The predicted molar refractivity (Wildman–Crippen MR) is 85.0 cm³/mol. The standard InChI is InChI=1S/C19H16FNO/c1-2-14-5-3-4-10-19(14,15-8-11-21-12-9-15)17-13-16(20)6-7-18(17)22/h2-14,22H,1H2. The Morgan fingerprint density at radius 3 is 2.68 bits per heavy atom. The van der Waals surface area contributed by atoms with Crippen LogP contribution in [-0.2, 0) is 5.41 Å².